The number of nitrogens with one attached hydrogen (secondary N) is 1. The van der Waals surface area contributed by atoms with Crippen LogP contribution in [0, 0.1) is 6.92 Å². The number of nitrogens with zero attached hydrogens (tertiary/aromatic N) is 1. The number of thiazole rings is 1. The molecule has 3 rings (SSSR count). The Labute approximate surface area is 157 Å². The number of ether oxygens (including phenoxy) is 1. The first-order chi connectivity index (χ1) is 12.6. The van der Waals surface area contributed by atoms with Crippen LogP contribution in [-0.4, -0.2) is 17.5 Å². The zero-order chi connectivity index (χ0) is 18.4. The van der Waals surface area contributed by atoms with Crippen molar-refractivity contribution in [3.63, 3.8) is 0 Å². The molecule has 2 aromatic carbocycles. The van der Waals surface area contributed by atoms with Crippen molar-refractivity contribution in [1.82, 2.24) is 4.98 Å². The Hall–Kier alpha value is -2.92. The van der Waals surface area contributed by atoms with Crippen LogP contribution in [0.5, 0.6) is 5.75 Å². The van der Waals surface area contributed by atoms with Crippen LogP contribution in [0.3, 0.4) is 0 Å². The summed E-state index contributed by atoms with van der Waals surface area (Å²) in [4.78, 5) is 16.6. The van der Waals surface area contributed by atoms with Crippen molar-refractivity contribution in [2.75, 3.05) is 11.9 Å². The van der Waals surface area contributed by atoms with Crippen molar-refractivity contribution in [3.05, 3.63) is 71.1 Å². The van der Waals surface area contributed by atoms with Crippen LogP contribution in [0.1, 0.15) is 18.1 Å². The van der Waals surface area contributed by atoms with Gasteiger partial charge in [0.2, 0.25) is 5.91 Å². The highest BCUT2D eigenvalue weighted by molar-refractivity contribution is 7.14. The molecule has 0 bridgehead atoms. The van der Waals surface area contributed by atoms with Crippen LogP contribution in [-0.2, 0) is 4.79 Å². The number of rotatable bonds is 6. The fraction of sp³-hybridized carbons (Fsp3) is 0.143. The second kappa shape index (κ2) is 8.45. The van der Waals surface area contributed by atoms with Crippen LogP contribution >= 0.6 is 11.3 Å². The molecule has 5 heteroatoms. The van der Waals surface area contributed by atoms with Crippen LogP contribution in [0.4, 0.5) is 5.13 Å². The smallest absolute Gasteiger partial charge is 0.250 e. The normalized spacial score (nSPS) is 10.8. The van der Waals surface area contributed by atoms with E-state index in [0.717, 1.165) is 22.6 Å². The van der Waals surface area contributed by atoms with Crippen LogP contribution in [0.25, 0.3) is 17.3 Å². The molecule has 1 aromatic heterocycles. The number of aromatic nitrogens is 1. The Morgan fingerprint density at radius 3 is 2.58 bits per heavy atom. The average molecular weight is 364 g/mol. The van der Waals surface area contributed by atoms with Gasteiger partial charge in [0, 0.05) is 17.0 Å². The summed E-state index contributed by atoms with van der Waals surface area (Å²) in [5.41, 5.74) is 4.04. The summed E-state index contributed by atoms with van der Waals surface area (Å²) < 4.78 is 5.40. The molecule has 132 valence electrons. The van der Waals surface area contributed by atoms with Gasteiger partial charge < -0.3 is 4.74 Å². The molecule has 0 saturated carbocycles. The molecule has 1 amide bonds. The molecule has 0 aliphatic rings. The van der Waals surface area contributed by atoms with Crippen LogP contribution in [0.15, 0.2) is 60.0 Å². The third-order valence-electron chi connectivity index (χ3n) is 3.70. The van der Waals surface area contributed by atoms with Crippen molar-refractivity contribution in [2.24, 2.45) is 0 Å². The molecule has 3 aromatic rings. The molecule has 0 radical (unpaired) electrons. The second-order valence-electron chi connectivity index (χ2n) is 5.73. The van der Waals surface area contributed by atoms with E-state index in [9.17, 15) is 4.79 Å². The number of hydrogen-bond donors (Lipinski definition) is 1. The molecule has 4 nitrogen and oxygen atoms in total. The lowest BCUT2D eigenvalue weighted by Gasteiger charge is -2.02. The predicted molar refractivity (Wildman–Crippen MR) is 108 cm³/mol. The maximum Gasteiger partial charge on any atom is 0.250 e. The molecule has 26 heavy (non-hydrogen) atoms. The van der Waals surface area contributed by atoms with E-state index in [-0.39, 0.29) is 5.91 Å². The number of hydrogen-bond acceptors (Lipinski definition) is 4. The largest absolute Gasteiger partial charge is 0.494 e. The van der Waals surface area contributed by atoms with Crippen LogP contribution < -0.4 is 10.1 Å². The average Bonchev–Trinajstić information content (AvgIpc) is 3.10. The van der Waals surface area contributed by atoms with Gasteiger partial charge in [-0.25, -0.2) is 4.98 Å². The zero-order valence-corrected chi connectivity index (χ0v) is 15.5. The topological polar surface area (TPSA) is 51.2 Å². The summed E-state index contributed by atoms with van der Waals surface area (Å²) in [5, 5.41) is 5.33. The van der Waals surface area contributed by atoms with Gasteiger partial charge in [-0.3, -0.25) is 10.1 Å². The van der Waals surface area contributed by atoms with Crippen molar-refractivity contribution < 1.29 is 9.53 Å². The van der Waals surface area contributed by atoms with E-state index in [0.29, 0.717) is 11.7 Å². The Kier molecular flexibility index (Phi) is 5.81. The fourth-order valence-electron chi connectivity index (χ4n) is 2.35. The Balaban J connectivity index is 1.60. The molecular formula is C21H20N2O2S. The molecular weight excluding hydrogens is 344 g/mol. The van der Waals surface area contributed by atoms with Gasteiger partial charge in [-0.1, -0.05) is 42.0 Å². The van der Waals surface area contributed by atoms with Gasteiger partial charge in [0.15, 0.2) is 5.13 Å². The number of amides is 1. The van der Waals surface area contributed by atoms with Crippen molar-refractivity contribution in [1.29, 1.82) is 0 Å². The highest BCUT2D eigenvalue weighted by atomic mass is 32.1. The third-order valence-corrected chi connectivity index (χ3v) is 4.46. The van der Waals surface area contributed by atoms with Crippen molar-refractivity contribution in [3.8, 4) is 17.0 Å². The van der Waals surface area contributed by atoms with E-state index in [2.05, 4.69) is 10.3 Å². The highest BCUT2D eigenvalue weighted by Gasteiger charge is 2.06. The molecule has 0 saturated heterocycles. The predicted octanol–water partition coefficient (Wildman–Crippen LogP) is 5.17. The minimum Gasteiger partial charge on any atom is -0.494 e. The lowest BCUT2D eigenvalue weighted by molar-refractivity contribution is -0.111. The van der Waals surface area contributed by atoms with Crippen molar-refractivity contribution >= 4 is 28.5 Å². The molecule has 0 aliphatic carbocycles. The lowest BCUT2D eigenvalue weighted by Crippen LogP contribution is -2.07. The first kappa shape index (κ1) is 17.9. The standard InChI is InChI=1S/C21H20N2O2S/c1-3-25-18-11-6-16(7-12-18)8-13-20(24)23-21-22-19(14-26-21)17-9-4-15(2)5-10-17/h4-14H,3H2,1-2H3,(H,22,23,24). The Morgan fingerprint density at radius 1 is 1.15 bits per heavy atom. The van der Waals surface area contributed by atoms with Gasteiger partial charge in [-0.05, 0) is 37.6 Å². The maximum absolute atomic E-state index is 12.1. The number of carbonyl (C=O) groups is 1. The van der Waals surface area contributed by atoms with Crippen molar-refractivity contribution in [2.45, 2.75) is 13.8 Å². The Bertz CT molecular complexity index is 897. The van der Waals surface area contributed by atoms with Crippen LogP contribution in [0.2, 0.25) is 0 Å². The Morgan fingerprint density at radius 2 is 1.88 bits per heavy atom. The summed E-state index contributed by atoms with van der Waals surface area (Å²) >= 11 is 1.41. The zero-order valence-electron chi connectivity index (χ0n) is 14.7. The van der Waals surface area contributed by atoms with E-state index < -0.39 is 0 Å². The van der Waals surface area contributed by atoms with E-state index in [1.54, 1.807) is 6.08 Å². The molecule has 0 spiro atoms. The maximum atomic E-state index is 12.1. The number of anilines is 1. The van der Waals surface area contributed by atoms with E-state index in [1.807, 2.05) is 67.8 Å². The minimum atomic E-state index is -0.205. The second-order valence-corrected chi connectivity index (χ2v) is 6.59. The summed E-state index contributed by atoms with van der Waals surface area (Å²) in [6.45, 7) is 4.63. The lowest BCUT2D eigenvalue weighted by atomic mass is 10.1. The molecule has 1 N–H and O–H groups in total. The van der Waals surface area contributed by atoms with E-state index in [1.165, 1.54) is 23.0 Å². The summed E-state index contributed by atoms with van der Waals surface area (Å²) in [5.74, 6) is 0.615. The quantitative estimate of drug-likeness (QED) is 0.614. The number of carbonyl (C=O) groups excluding carboxylic acids is 1. The molecule has 0 fully saturated rings. The number of aryl methyl sites for hydroxylation is 1. The van der Waals surface area contributed by atoms with Gasteiger partial charge in [-0.15, -0.1) is 11.3 Å². The fourth-order valence-corrected chi connectivity index (χ4v) is 3.07. The molecule has 0 unspecified atom stereocenters. The van der Waals surface area contributed by atoms with E-state index in [4.69, 9.17) is 4.74 Å². The molecule has 0 aliphatic heterocycles. The van der Waals surface area contributed by atoms with Gasteiger partial charge in [0.05, 0.1) is 12.3 Å². The summed E-state index contributed by atoms with van der Waals surface area (Å²) in [7, 11) is 0. The van der Waals surface area contributed by atoms with Gasteiger partial charge in [0.25, 0.3) is 0 Å². The summed E-state index contributed by atoms with van der Waals surface area (Å²) in [6.07, 6.45) is 3.27. The monoisotopic (exact) mass is 364 g/mol. The van der Waals surface area contributed by atoms with Gasteiger partial charge in [0.1, 0.15) is 5.75 Å². The van der Waals surface area contributed by atoms with Gasteiger partial charge >= 0.3 is 0 Å². The number of benzene rings is 2. The van der Waals surface area contributed by atoms with Gasteiger partial charge in [-0.2, -0.15) is 0 Å². The first-order valence-electron chi connectivity index (χ1n) is 8.38. The molecule has 1 heterocycles. The highest BCUT2D eigenvalue weighted by Crippen LogP contribution is 2.25. The first-order valence-corrected chi connectivity index (χ1v) is 9.26. The molecule has 0 atom stereocenters. The SMILES string of the molecule is CCOc1ccc(C=CC(=O)Nc2nc(-c3ccc(C)cc3)cs2)cc1. The minimum absolute atomic E-state index is 0.205. The third kappa shape index (κ3) is 4.80. The summed E-state index contributed by atoms with van der Waals surface area (Å²) in [6, 6.07) is 15.7. The van der Waals surface area contributed by atoms with E-state index >= 15 is 0 Å².